The second kappa shape index (κ2) is 9.01. The van der Waals surface area contributed by atoms with Gasteiger partial charge >= 0.3 is 0 Å². The Morgan fingerprint density at radius 1 is 1.18 bits per heavy atom. The first-order valence-electron chi connectivity index (χ1n) is 10.9. The number of aryl methyl sites for hydroxylation is 2. The van der Waals surface area contributed by atoms with Crippen molar-refractivity contribution in [2.75, 3.05) is 31.6 Å². The molecule has 10 nitrogen and oxygen atoms in total. The molecule has 12 heteroatoms. The SMILES string of the molecule is Cc1nc(-c2cc(S(=O)(=O)N3CCC[C@H](C(=O)Nc4ccc5c(c4)OCCO5)C3)c(C)s2)no1. The number of fused-ring (bicyclic) bond motifs is 1. The van der Waals surface area contributed by atoms with Crippen molar-refractivity contribution in [3.05, 3.63) is 35.0 Å². The van der Waals surface area contributed by atoms with Gasteiger partial charge in [0.25, 0.3) is 0 Å². The van der Waals surface area contributed by atoms with Crippen molar-refractivity contribution in [2.45, 2.75) is 31.6 Å². The molecular formula is C22H24N4O6S2. The van der Waals surface area contributed by atoms with E-state index in [2.05, 4.69) is 15.5 Å². The number of nitrogens with zero attached hydrogens (tertiary/aromatic N) is 3. The van der Waals surface area contributed by atoms with E-state index in [1.807, 2.05) is 0 Å². The van der Waals surface area contributed by atoms with Crippen molar-refractivity contribution in [1.82, 2.24) is 14.4 Å². The van der Waals surface area contributed by atoms with Gasteiger partial charge in [0.1, 0.15) is 13.2 Å². The van der Waals surface area contributed by atoms with Crippen LogP contribution in [-0.2, 0) is 14.8 Å². The molecular weight excluding hydrogens is 480 g/mol. The second-order valence-electron chi connectivity index (χ2n) is 8.22. The maximum absolute atomic E-state index is 13.5. The van der Waals surface area contributed by atoms with Gasteiger partial charge in [-0.3, -0.25) is 4.79 Å². The van der Waals surface area contributed by atoms with Gasteiger partial charge in [0, 0.05) is 36.6 Å². The van der Waals surface area contributed by atoms with E-state index >= 15 is 0 Å². The van der Waals surface area contributed by atoms with Crippen LogP contribution in [0, 0.1) is 19.8 Å². The van der Waals surface area contributed by atoms with Crippen molar-refractivity contribution in [1.29, 1.82) is 0 Å². The normalized spacial score (nSPS) is 18.6. The highest BCUT2D eigenvalue weighted by Gasteiger charge is 2.35. The highest BCUT2D eigenvalue weighted by Crippen LogP contribution is 2.36. The Morgan fingerprint density at radius 2 is 1.97 bits per heavy atom. The Kier molecular flexibility index (Phi) is 6.04. The molecule has 1 atom stereocenters. The van der Waals surface area contributed by atoms with Crippen LogP contribution in [0.15, 0.2) is 33.7 Å². The summed E-state index contributed by atoms with van der Waals surface area (Å²) in [5.41, 5.74) is 0.586. The summed E-state index contributed by atoms with van der Waals surface area (Å²) in [7, 11) is -3.78. The largest absolute Gasteiger partial charge is 0.486 e. The molecule has 0 saturated carbocycles. The lowest BCUT2D eigenvalue weighted by Gasteiger charge is -2.31. The van der Waals surface area contributed by atoms with Crippen molar-refractivity contribution in [3.8, 4) is 22.2 Å². The molecule has 180 valence electrons. The fourth-order valence-electron chi connectivity index (χ4n) is 4.11. The molecule has 1 amide bonds. The number of hydrogen-bond donors (Lipinski definition) is 1. The highest BCUT2D eigenvalue weighted by atomic mass is 32.2. The Hall–Kier alpha value is -2.96. The van der Waals surface area contributed by atoms with Crippen molar-refractivity contribution >= 4 is 33.0 Å². The number of amides is 1. The van der Waals surface area contributed by atoms with Crippen molar-refractivity contribution in [3.63, 3.8) is 0 Å². The molecule has 0 radical (unpaired) electrons. The van der Waals surface area contributed by atoms with Gasteiger partial charge in [-0.05, 0) is 38.0 Å². The molecule has 4 heterocycles. The number of aromatic nitrogens is 2. The number of nitrogens with one attached hydrogen (secondary N) is 1. The summed E-state index contributed by atoms with van der Waals surface area (Å²) in [4.78, 5) is 18.6. The first-order chi connectivity index (χ1) is 16.3. The molecule has 2 aromatic heterocycles. The van der Waals surface area contributed by atoms with Gasteiger partial charge in [0.15, 0.2) is 11.5 Å². The summed E-state index contributed by atoms with van der Waals surface area (Å²) in [5, 5.41) is 6.78. The van der Waals surface area contributed by atoms with Gasteiger partial charge < -0.3 is 19.3 Å². The van der Waals surface area contributed by atoms with Gasteiger partial charge in [0.05, 0.1) is 15.7 Å². The number of rotatable bonds is 5. The summed E-state index contributed by atoms with van der Waals surface area (Å²) in [6.07, 6.45) is 1.21. The van der Waals surface area contributed by atoms with E-state index in [-0.39, 0.29) is 17.3 Å². The maximum atomic E-state index is 13.5. The van der Waals surface area contributed by atoms with Crippen LogP contribution >= 0.6 is 11.3 Å². The third kappa shape index (κ3) is 4.40. The van der Waals surface area contributed by atoms with Crippen LogP contribution in [0.25, 0.3) is 10.7 Å². The molecule has 1 N–H and O–H groups in total. The van der Waals surface area contributed by atoms with Crippen LogP contribution in [0.2, 0.25) is 0 Å². The van der Waals surface area contributed by atoms with E-state index in [1.165, 1.54) is 15.6 Å². The van der Waals surface area contributed by atoms with E-state index in [4.69, 9.17) is 14.0 Å². The number of carbonyl (C=O) groups is 1. The minimum atomic E-state index is -3.78. The Morgan fingerprint density at radius 3 is 2.74 bits per heavy atom. The number of ether oxygens (including phenoxy) is 2. The number of benzene rings is 1. The van der Waals surface area contributed by atoms with E-state index in [0.717, 1.165) is 0 Å². The zero-order valence-electron chi connectivity index (χ0n) is 18.7. The number of piperidine rings is 1. The van der Waals surface area contributed by atoms with E-state index in [0.29, 0.717) is 71.3 Å². The van der Waals surface area contributed by atoms with Crippen LogP contribution in [0.5, 0.6) is 11.5 Å². The van der Waals surface area contributed by atoms with Crippen molar-refractivity contribution in [2.24, 2.45) is 5.92 Å². The molecule has 1 fully saturated rings. The summed E-state index contributed by atoms with van der Waals surface area (Å²) in [6, 6.07) is 6.81. The molecule has 1 saturated heterocycles. The first kappa shape index (κ1) is 22.8. The predicted octanol–water partition coefficient (Wildman–Crippen LogP) is 3.23. The molecule has 34 heavy (non-hydrogen) atoms. The molecule has 3 aromatic rings. The van der Waals surface area contributed by atoms with E-state index in [9.17, 15) is 13.2 Å². The lowest BCUT2D eigenvalue weighted by atomic mass is 9.98. The van der Waals surface area contributed by atoms with Crippen LogP contribution < -0.4 is 14.8 Å². The van der Waals surface area contributed by atoms with E-state index < -0.39 is 15.9 Å². The zero-order valence-corrected chi connectivity index (χ0v) is 20.4. The zero-order chi connectivity index (χ0) is 23.9. The summed E-state index contributed by atoms with van der Waals surface area (Å²) in [6.45, 7) is 4.86. The molecule has 2 aliphatic rings. The standard InChI is InChI=1S/C22H24N4O6S2/c1-13-20(11-19(33-13)21-23-14(2)32-25-21)34(28,29)26-7-3-4-15(12-26)22(27)24-16-5-6-17-18(10-16)31-9-8-30-17/h5-6,10-11,15H,3-4,7-9,12H2,1-2H3,(H,24,27)/t15-/m0/s1. The summed E-state index contributed by atoms with van der Waals surface area (Å²) >= 11 is 1.30. The Balaban J connectivity index is 1.31. The molecule has 5 rings (SSSR count). The first-order valence-corrected chi connectivity index (χ1v) is 13.2. The minimum Gasteiger partial charge on any atom is -0.486 e. The summed E-state index contributed by atoms with van der Waals surface area (Å²) < 4.78 is 44.4. The highest BCUT2D eigenvalue weighted by molar-refractivity contribution is 7.89. The minimum absolute atomic E-state index is 0.116. The van der Waals surface area contributed by atoms with Crippen LogP contribution in [0.1, 0.15) is 23.6 Å². The molecule has 0 spiro atoms. The molecule has 1 aromatic carbocycles. The van der Waals surface area contributed by atoms with Gasteiger partial charge in [0.2, 0.25) is 27.6 Å². The lowest BCUT2D eigenvalue weighted by molar-refractivity contribution is -0.120. The second-order valence-corrected chi connectivity index (χ2v) is 11.4. The molecule has 0 unspecified atom stereocenters. The lowest BCUT2D eigenvalue weighted by Crippen LogP contribution is -2.43. The molecule has 0 aliphatic carbocycles. The van der Waals surface area contributed by atoms with Gasteiger partial charge in [-0.15, -0.1) is 11.3 Å². The maximum Gasteiger partial charge on any atom is 0.244 e. The van der Waals surface area contributed by atoms with E-state index in [1.54, 1.807) is 38.1 Å². The molecule has 0 bridgehead atoms. The number of hydrogen-bond acceptors (Lipinski definition) is 9. The predicted molar refractivity (Wildman–Crippen MR) is 125 cm³/mol. The quantitative estimate of drug-likeness (QED) is 0.562. The molecule has 2 aliphatic heterocycles. The number of sulfonamides is 1. The topological polar surface area (TPSA) is 124 Å². The van der Waals surface area contributed by atoms with Crippen molar-refractivity contribution < 1.29 is 27.2 Å². The number of thiophene rings is 1. The summed E-state index contributed by atoms with van der Waals surface area (Å²) in [5.74, 6) is 1.31. The average molecular weight is 505 g/mol. The fraction of sp³-hybridized carbons (Fsp3) is 0.409. The Labute approximate surface area is 200 Å². The van der Waals surface area contributed by atoms with Gasteiger partial charge in [-0.25, -0.2) is 8.42 Å². The van der Waals surface area contributed by atoms with Crippen LogP contribution in [0.3, 0.4) is 0 Å². The third-order valence-electron chi connectivity index (χ3n) is 5.80. The van der Waals surface area contributed by atoms with Gasteiger partial charge in [-0.2, -0.15) is 9.29 Å². The van der Waals surface area contributed by atoms with Crippen LogP contribution in [0.4, 0.5) is 5.69 Å². The van der Waals surface area contributed by atoms with Gasteiger partial charge in [-0.1, -0.05) is 5.16 Å². The fourth-order valence-corrected chi connectivity index (χ4v) is 7.12. The number of carbonyl (C=O) groups excluding carboxylic acids is 1. The monoisotopic (exact) mass is 504 g/mol. The smallest absolute Gasteiger partial charge is 0.244 e. The Bertz CT molecular complexity index is 1330. The third-order valence-corrected chi connectivity index (χ3v) is 8.97. The number of anilines is 1. The average Bonchev–Trinajstić information content (AvgIpc) is 3.45. The van der Waals surface area contributed by atoms with Crippen LogP contribution in [-0.4, -0.2) is 55.1 Å².